The van der Waals surface area contributed by atoms with Gasteiger partial charge in [-0.05, 0) is 17.7 Å². The molecule has 3 aliphatic heterocycles. The first-order valence-electron chi connectivity index (χ1n) is 7.42. The zero-order valence-corrected chi connectivity index (χ0v) is 12.3. The third-order valence-corrected chi connectivity index (χ3v) is 4.44. The Morgan fingerprint density at radius 3 is 2.48 bits per heavy atom. The van der Waals surface area contributed by atoms with Crippen LogP contribution >= 0.6 is 0 Å². The number of ether oxygens (including phenoxy) is 2. The lowest BCUT2D eigenvalue weighted by Gasteiger charge is -2.37. The highest BCUT2D eigenvalue weighted by Gasteiger charge is 2.45. The largest absolute Gasteiger partial charge is 0.368 e. The fourth-order valence-electron chi connectivity index (χ4n) is 3.47. The number of rotatable bonds is 1. The summed E-state index contributed by atoms with van der Waals surface area (Å²) in [4.78, 5) is 29.3. The van der Waals surface area contributed by atoms with E-state index in [2.05, 4.69) is 4.99 Å². The SMILES string of the molecule is O=C1COCC2=C1C(c1ccc(F)cc1)C1C(=O)COCC1=N2. The molecule has 6 heteroatoms. The fourth-order valence-corrected chi connectivity index (χ4v) is 3.47. The van der Waals surface area contributed by atoms with Crippen LogP contribution in [0.2, 0.25) is 0 Å². The Morgan fingerprint density at radius 2 is 1.70 bits per heavy atom. The summed E-state index contributed by atoms with van der Waals surface area (Å²) in [5, 5.41) is 0. The van der Waals surface area contributed by atoms with Crippen molar-refractivity contribution in [1.29, 1.82) is 0 Å². The monoisotopic (exact) mass is 315 g/mol. The van der Waals surface area contributed by atoms with Crippen molar-refractivity contribution >= 4 is 17.3 Å². The Balaban J connectivity index is 1.89. The van der Waals surface area contributed by atoms with Crippen LogP contribution in [-0.4, -0.2) is 43.7 Å². The molecule has 0 N–H and O–H groups in total. The van der Waals surface area contributed by atoms with Crippen LogP contribution in [0.25, 0.3) is 0 Å². The minimum Gasteiger partial charge on any atom is -0.368 e. The van der Waals surface area contributed by atoms with Gasteiger partial charge in [0, 0.05) is 11.5 Å². The van der Waals surface area contributed by atoms with Crippen molar-refractivity contribution in [2.24, 2.45) is 10.9 Å². The number of Topliss-reactive ketones (excluding diaryl/α,β-unsaturated/α-hetero) is 2. The van der Waals surface area contributed by atoms with E-state index in [1.165, 1.54) is 12.1 Å². The van der Waals surface area contributed by atoms with Gasteiger partial charge in [-0.15, -0.1) is 0 Å². The zero-order chi connectivity index (χ0) is 16.0. The third-order valence-electron chi connectivity index (χ3n) is 4.44. The van der Waals surface area contributed by atoms with Crippen molar-refractivity contribution in [3.8, 4) is 0 Å². The minimum absolute atomic E-state index is 0.00862. The number of aliphatic imine (C=N–C) groups is 1. The number of hydrogen-bond donors (Lipinski definition) is 0. The van der Waals surface area contributed by atoms with Crippen LogP contribution in [0.15, 0.2) is 40.5 Å². The summed E-state index contributed by atoms with van der Waals surface area (Å²) < 4.78 is 23.8. The number of benzene rings is 1. The van der Waals surface area contributed by atoms with Crippen LogP contribution in [0.4, 0.5) is 4.39 Å². The maximum atomic E-state index is 13.3. The Kier molecular flexibility index (Phi) is 3.43. The van der Waals surface area contributed by atoms with Crippen LogP contribution in [0.3, 0.4) is 0 Å². The van der Waals surface area contributed by atoms with Crippen LogP contribution in [0, 0.1) is 11.7 Å². The summed E-state index contributed by atoms with van der Waals surface area (Å²) in [5.74, 6) is -1.58. The van der Waals surface area contributed by atoms with Gasteiger partial charge in [-0.1, -0.05) is 12.1 Å². The average molecular weight is 315 g/mol. The van der Waals surface area contributed by atoms with Gasteiger partial charge in [-0.2, -0.15) is 0 Å². The Hall–Kier alpha value is -2.18. The number of nitrogens with zero attached hydrogens (tertiary/aromatic N) is 1. The first-order valence-corrected chi connectivity index (χ1v) is 7.42. The lowest BCUT2D eigenvalue weighted by Crippen LogP contribution is -2.45. The smallest absolute Gasteiger partial charge is 0.187 e. The van der Waals surface area contributed by atoms with Crippen molar-refractivity contribution in [3.63, 3.8) is 0 Å². The summed E-state index contributed by atoms with van der Waals surface area (Å²) >= 11 is 0. The van der Waals surface area contributed by atoms with Crippen molar-refractivity contribution < 1.29 is 23.5 Å². The second-order valence-electron chi connectivity index (χ2n) is 5.85. The molecule has 0 amide bonds. The first-order chi connectivity index (χ1) is 11.1. The van der Waals surface area contributed by atoms with E-state index < -0.39 is 11.8 Å². The van der Waals surface area contributed by atoms with Crippen LogP contribution in [-0.2, 0) is 19.1 Å². The summed E-state index contributed by atoms with van der Waals surface area (Å²) in [5.41, 5.74) is 2.43. The molecule has 3 aliphatic rings. The van der Waals surface area contributed by atoms with E-state index in [4.69, 9.17) is 9.47 Å². The van der Waals surface area contributed by atoms with E-state index in [1.807, 2.05) is 0 Å². The molecule has 1 aromatic carbocycles. The molecule has 3 heterocycles. The lowest BCUT2D eigenvalue weighted by atomic mass is 9.71. The Morgan fingerprint density at radius 1 is 0.957 bits per heavy atom. The van der Waals surface area contributed by atoms with Gasteiger partial charge in [0.1, 0.15) is 19.0 Å². The number of halogens is 1. The molecule has 2 unspecified atom stereocenters. The number of hydrogen-bond acceptors (Lipinski definition) is 5. The van der Waals surface area contributed by atoms with Gasteiger partial charge >= 0.3 is 0 Å². The Labute approximate surface area is 131 Å². The summed E-state index contributed by atoms with van der Waals surface area (Å²) in [6.45, 7) is 0.496. The van der Waals surface area contributed by atoms with Crippen LogP contribution < -0.4 is 0 Å². The number of carbonyl (C=O) groups is 2. The molecule has 118 valence electrons. The van der Waals surface area contributed by atoms with E-state index in [1.54, 1.807) is 12.1 Å². The predicted molar refractivity (Wildman–Crippen MR) is 78.7 cm³/mol. The predicted octanol–water partition coefficient (Wildman–Crippen LogP) is 1.43. The second-order valence-corrected chi connectivity index (χ2v) is 5.85. The second kappa shape index (κ2) is 5.47. The molecule has 1 saturated heterocycles. The average Bonchev–Trinajstić information content (AvgIpc) is 2.54. The first kappa shape index (κ1) is 14.4. The molecule has 0 bridgehead atoms. The molecule has 0 aromatic heterocycles. The molecule has 0 aliphatic carbocycles. The molecule has 4 rings (SSSR count). The van der Waals surface area contributed by atoms with Crippen molar-refractivity contribution in [1.82, 2.24) is 0 Å². The summed E-state index contributed by atoms with van der Waals surface area (Å²) in [6, 6.07) is 5.93. The van der Waals surface area contributed by atoms with Gasteiger partial charge in [0.15, 0.2) is 11.6 Å². The maximum Gasteiger partial charge on any atom is 0.187 e. The van der Waals surface area contributed by atoms with Gasteiger partial charge in [0.25, 0.3) is 0 Å². The highest BCUT2D eigenvalue weighted by molar-refractivity contribution is 6.13. The molecule has 1 aromatic rings. The van der Waals surface area contributed by atoms with Crippen molar-refractivity contribution in [2.45, 2.75) is 5.92 Å². The minimum atomic E-state index is -0.519. The van der Waals surface area contributed by atoms with E-state index in [-0.39, 0.29) is 43.8 Å². The molecule has 0 spiro atoms. The third kappa shape index (κ3) is 2.34. The van der Waals surface area contributed by atoms with Gasteiger partial charge in [-0.25, -0.2) is 4.39 Å². The standard InChI is InChI=1S/C17H14FNO4/c18-10-3-1-9(2-4-10)15-16-11(5-22-7-13(16)20)19-12-6-23-8-14(21)17(12)15/h1-4,15-16H,5-8H2. The molecular weight excluding hydrogens is 301 g/mol. The summed E-state index contributed by atoms with van der Waals surface area (Å²) in [7, 11) is 0. The normalized spacial score (nSPS) is 27.4. The molecule has 2 atom stereocenters. The fraction of sp³-hybridized carbons (Fsp3) is 0.353. The summed E-state index contributed by atoms with van der Waals surface area (Å²) in [6.07, 6.45) is 0. The number of ketones is 2. The topological polar surface area (TPSA) is 65.0 Å². The van der Waals surface area contributed by atoms with Gasteiger partial charge < -0.3 is 9.47 Å². The number of fused-ring (bicyclic) bond motifs is 1. The molecule has 1 fully saturated rings. The zero-order valence-electron chi connectivity index (χ0n) is 12.3. The van der Waals surface area contributed by atoms with Crippen LogP contribution in [0.1, 0.15) is 11.5 Å². The van der Waals surface area contributed by atoms with Crippen LogP contribution in [0.5, 0.6) is 0 Å². The van der Waals surface area contributed by atoms with E-state index in [9.17, 15) is 14.0 Å². The van der Waals surface area contributed by atoms with Gasteiger partial charge in [-0.3, -0.25) is 14.6 Å². The molecule has 0 saturated carbocycles. The van der Waals surface area contributed by atoms with Crippen molar-refractivity contribution in [2.75, 3.05) is 26.4 Å². The molecule has 0 radical (unpaired) electrons. The van der Waals surface area contributed by atoms with Gasteiger partial charge in [0.2, 0.25) is 0 Å². The highest BCUT2D eigenvalue weighted by atomic mass is 19.1. The van der Waals surface area contributed by atoms with E-state index >= 15 is 0 Å². The van der Waals surface area contributed by atoms with Crippen molar-refractivity contribution in [3.05, 3.63) is 46.9 Å². The highest BCUT2D eigenvalue weighted by Crippen LogP contribution is 2.42. The van der Waals surface area contributed by atoms with E-state index in [0.717, 1.165) is 5.56 Å². The lowest BCUT2D eigenvalue weighted by molar-refractivity contribution is -0.127. The quantitative estimate of drug-likeness (QED) is 0.786. The maximum absolute atomic E-state index is 13.3. The Bertz CT molecular complexity index is 750. The molecule has 23 heavy (non-hydrogen) atoms. The van der Waals surface area contributed by atoms with E-state index in [0.29, 0.717) is 17.0 Å². The molecular formula is C17H14FNO4. The molecule has 5 nitrogen and oxygen atoms in total. The number of carbonyl (C=O) groups excluding carboxylic acids is 2. The van der Waals surface area contributed by atoms with Gasteiger partial charge in [0.05, 0.1) is 30.5 Å².